The number of benzene rings is 1. The number of halogens is 1. The van der Waals surface area contributed by atoms with Gasteiger partial charge in [-0.25, -0.2) is 9.18 Å². The Balaban J connectivity index is 1.77. The molecule has 1 fully saturated rings. The van der Waals surface area contributed by atoms with Gasteiger partial charge in [-0.3, -0.25) is 9.69 Å². The lowest BCUT2D eigenvalue weighted by Gasteiger charge is -2.17. The van der Waals surface area contributed by atoms with Crippen molar-refractivity contribution in [1.82, 2.24) is 5.16 Å². The molecule has 1 aromatic carbocycles. The predicted octanol–water partition coefficient (Wildman–Crippen LogP) is 1.78. The fourth-order valence-corrected chi connectivity index (χ4v) is 3.20. The summed E-state index contributed by atoms with van der Waals surface area (Å²) in [5.74, 6) is -0.710. The molecule has 0 saturated carbocycles. The van der Waals surface area contributed by atoms with E-state index in [0.717, 1.165) is 23.3 Å². The summed E-state index contributed by atoms with van der Waals surface area (Å²) in [6.45, 7) is -0.0998. The second kappa shape index (κ2) is 5.33. The van der Waals surface area contributed by atoms with Crippen LogP contribution in [0, 0.1) is 5.82 Å². The van der Waals surface area contributed by atoms with Gasteiger partial charge in [0.1, 0.15) is 0 Å². The standard InChI is InChI=1S/C16H14FN3O4/c17-13-9-3-1-2-8-6-19-24-14(8)10(9)4-5-11(13)20-7-12(15(18)21)23-16(20)22/h4-6,12H,1-3,7H2,(H2,18,21)/t12-/m1/s1. The molecule has 0 bridgehead atoms. The quantitative estimate of drug-likeness (QED) is 0.904. The van der Waals surface area contributed by atoms with Gasteiger partial charge in [-0.05, 0) is 31.4 Å². The summed E-state index contributed by atoms with van der Waals surface area (Å²) in [5, 5.41) is 3.78. The van der Waals surface area contributed by atoms with Gasteiger partial charge in [0, 0.05) is 16.7 Å². The van der Waals surface area contributed by atoms with E-state index in [9.17, 15) is 9.59 Å². The van der Waals surface area contributed by atoms with Crippen LogP contribution >= 0.6 is 0 Å². The lowest BCUT2D eigenvalue weighted by molar-refractivity contribution is -0.124. The van der Waals surface area contributed by atoms with E-state index in [0.29, 0.717) is 23.3 Å². The molecule has 24 heavy (non-hydrogen) atoms. The zero-order valence-electron chi connectivity index (χ0n) is 12.6. The molecule has 0 spiro atoms. The summed E-state index contributed by atoms with van der Waals surface area (Å²) in [4.78, 5) is 24.2. The van der Waals surface area contributed by atoms with Crippen LogP contribution in [0.25, 0.3) is 11.3 Å². The normalized spacial score (nSPS) is 19.5. The fraction of sp³-hybridized carbons (Fsp3) is 0.312. The largest absolute Gasteiger partial charge is 0.434 e. The molecule has 0 unspecified atom stereocenters. The highest BCUT2D eigenvalue weighted by Crippen LogP contribution is 2.37. The molecule has 4 rings (SSSR count). The monoisotopic (exact) mass is 331 g/mol. The molecule has 0 radical (unpaired) electrons. The number of ether oxygens (including phenoxy) is 1. The number of carbonyl (C=O) groups excluding carboxylic acids is 2. The zero-order chi connectivity index (χ0) is 16.8. The summed E-state index contributed by atoms with van der Waals surface area (Å²) in [5.41, 5.74) is 7.28. The minimum Gasteiger partial charge on any atom is -0.434 e. The van der Waals surface area contributed by atoms with Gasteiger partial charge in [-0.15, -0.1) is 0 Å². The maximum Gasteiger partial charge on any atom is 0.415 e. The zero-order valence-corrected chi connectivity index (χ0v) is 12.6. The van der Waals surface area contributed by atoms with Crippen LogP contribution in [-0.4, -0.2) is 29.8 Å². The molecule has 7 nitrogen and oxygen atoms in total. The first kappa shape index (κ1) is 14.7. The first-order chi connectivity index (χ1) is 11.6. The van der Waals surface area contributed by atoms with Gasteiger partial charge in [0.2, 0.25) is 0 Å². The Kier molecular flexibility index (Phi) is 3.26. The molecule has 1 saturated heterocycles. The van der Waals surface area contributed by atoms with E-state index in [2.05, 4.69) is 5.16 Å². The van der Waals surface area contributed by atoms with Gasteiger partial charge in [-0.2, -0.15) is 0 Å². The summed E-state index contributed by atoms with van der Waals surface area (Å²) >= 11 is 0. The van der Waals surface area contributed by atoms with Crippen LogP contribution in [-0.2, 0) is 22.4 Å². The molecule has 2 aromatic rings. The average Bonchev–Trinajstić information content (AvgIpc) is 3.12. The average molecular weight is 331 g/mol. The lowest BCUT2D eigenvalue weighted by Crippen LogP contribution is -2.33. The number of primary amides is 1. The van der Waals surface area contributed by atoms with Crippen LogP contribution in [0.3, 0.4) is 0 Å². The Morgan fingerprint density at radius 2 is 2.21 bits per heavy atom. The molecule has 1 aliphatic carbocycles. The maximum atomic E-state index is 15.1. The Morgan fingerprint density at radius 3 is 2.96 bits per heavy atom. The van der Waals surface area contributed by atoms with E-state index in [1.165, 1.54) is 6.07 Å². The number of carbonyl (C=O) groups is 2. The molecule has 124 valence electrons. The lowest BCUT2D eigenvalue weighted by atomic mass is 10.0. The molecule has 1 aliphatic heterocycles. The highest BCUT2D eigenvalue weighted by atomic mass is 19.1. The number of nitrogens with two attached hydrogens (primary N) is 1. The van der Waals surface area contributed by atoms with Gasteiger partial charge >= 0.3 is 6.09 Å². The number of anilines is 1. The first-order valence-electron chi connectivity index (χ1n) is 7.59. The number of hydrogen-bond acceptors (Lipinski definition) is 5. The summed E-state index contributed by atoms with van der Waals surface area (Å²) in [7, 11) is 0. The summed E-state index contributed by atoms with van der Waals surface area (Å²) in [6, 6.07) is 3.18. The van der Waals surface area contributed by atoms with Gasteiger partial charge in [0.05, 0.1) is 18.4 Å². The number of fused-ring (bicyclic) bond motifs is 3. The van der Waals surface area contributed by atoms with Crippen LogP contribution in [0.2, 0.25) is 0 Å². The second-order valence-electron chi connectivity index (χ2n) is 5.84. The minimum atomic E-state index is -1.07. The molecule has 1 atom stereocenters. The van der Waals surface area contributed by atoms with Crippen LogP contribution in [0.5, 0.6) is 0 Å². The number of hydrogen-bond donors (Lipinski definition) is 1. The molecule has 8 heteroatoms. The minimum absolute atomic E-state index is 0.0745. The third kappa shape index (κ3) is 2.14. The molecule has 2 aliphatic rings. The van der Waals surface area contributed by atoms with Crippen molar-refractivity contribution >= 4 is 17.7 Å². The van der Waals surface area contributed by atoms with Gasteiger partial charge in [0.15, 0.2) is 17.7 Å². The highest BCUT2D eigenvalue weighted by Gasteiger charge is 2.38. The van der Waals surface area contributed by atoms with Gasteiger partial charge in [0.25, 0.3) is 5.91 Å². The van der Waals surface area contributed by atoms with Crippen molar-refractivity contribution in [3.05, 3.63) is 35.3 Å². The number of nitrogens with zero attached hydrogens (tertiary/aromatic N) is 2. The topological polar surface area (TPSA) is 98.7 Å². The molecule has 2 amide bonds. The molecule has 2 N–H and O–H groups in total. The number of amides is 2. The Hall–Kier alpha value is -2.90. The van der Waals surface area contributed by atoms with Gasteiger partial charge in [-0.1, -0.05) is 5.16 Å². The summed E-state index contributed by atoms with van der Waals surface area (Å²) in [6.07, 6.45) is 1.80. The van der Waals surface area contributed by atoms with Crippen molar-refractivity contribution in [3.63, 3.8) is 0 Å². The van der Waals surface area contributed by atoms with E-state index < -0.39 is 23.9 Å². The van der Waals surface area contributed by atoms with E-state index in [1.54, 1.807) is 12.3 Å². The van der Waals surface area contributed by atoms with E-state index in [4.69, 9.17) is 15.0 Å². The predicted molar refractivity (Wildman–Crippen MR) is 80.7 cm³/mol. The summed E-state index contributed by atoms with van der Waals surface area (Å²) < 4.78 is 25.2. The Bertz CT molecular complexity index is 848. The Labute approximate surface area is 136 Å². The third-order valence-corrected chi connectivity index (χ3v) is 4.40. The van der Waals surface area contributed by atoms with Crippen LogP contribution in [0.4, 0.5) is 14.9 Å². The highest BCUT2D eigenvalue weighted by molar-refractivity contribution is 5.95. The van der Waals surface area contributed by atoms with E-state index in [-0.39, 0.29) is 12.2 Å². The SMILES string of the molecule is NC(=O)[C@H]1CN(c2ccc3c(c2F)CCCc2cnoc2-3)C(=O)O1. The van der Waals surface area contributed by atoms with Crippen molar-refractivity contribution < 1.29 is 23.2 Å². The van der Waals surface area contributed by atoms with Crippen LogP contribution in [0.15, 0.2) is 22.9 Å². The number of aryl methyl sites for hydroxylation is 1. The van der Waals surface area contributed by atoms with Crippen LogP contribution in [0.1, 0.15) is 17.5 Å². The second-order valence-corrected chi connectivity index (χ2v) is 5.84. The van der Waals surface area contributed by atoms with Crippen molar-refractivity contribution in [1.29, 1.82) is 0 Å². The van der Waals surface area contributed by atoms with Crippen molar-refractivity contribution in [3.8, 4) is 11.3 Å². The van der Waals surface area contributed by atoms with Crippen molar-refractivity contribution in [2.24, 2.45) is 5.73 Å². The molecule has 1 aromatic heterocycles. The van der Waals surface area contributed by atoms with E-state index >= 15 is 4.39 Å². The smallest absolute Gasteiger partial charge is 0.415 e. The Morgan fingerprint density at radius 1 is 1.38 bits per heavy atom. The maximum absolute atomic E-state index is 15.1. The molecule has 2 heterocycles. The van der Waals surface area contributed by atoms with Gasteiger partial charge < -0.3 is 15.0 Å². The first-order valence-corrected chi connectivity index (χ1v) is 7.59. The third-order valence-electron chi connectivity index (χ3n) is 4.40. The van der Waals surface area contributed by atoms with Crippen LogP contribution < -0.4 is 10.6 Å². The number of cyclic esters (lactones) is 1. The van der Waals surface area contributed by atoms with Crippen molar-refractivity contribution in [2.75, 3.05) is 11.4 Å². The number of rotatable bonds is 2. The molecular weight excluding hydrogens is 317 g/mol. The van der Waals surface area contributed by atoms with E-state index in [1.807, 2.05) is 0 Å². The number of aromatic nitrogens is 1. The van der Waals surface area contributed by atoms with Crippen molar-refractivity contribution in [2.45, 2.75) is 25.4 Å². The fourth-order valence-electron chi connectivity index (χ4n) is 3.20. The molecular formula is C16H14FN3O4.